The summed E-state index contributed by atoms with van der Waals surface area (Å²) >= 11 is 0. The van der Waals surface area contributed by atoms with Gasteiger partial charge in [-0.3, -0.25) is 4.57 Å². The standard InChI is InChI=1S/C15H20N4O/c1-12-17-18-15(11-20-14-7-9-16-10-8-14)19(12)13-5-3-2-4-6-13/h2-6,14,16H,7-11H2,1H3. The lowest BCUT2D eigenvalue weighted by Crippen LogP contribution is -2.32. The van der Waals surface area contributed by atoms with Crippen LogP contribution in [0.2, 0.25) is 0 Å². The molecule has 1 aromatic heterocycles. The van der Waals surface area contributed by atoms with Gasteiger partial charge in [0.15, 0.2) is 5.82 Å². The van der Waals surface area contributed by atoms with E-state index in [1.807, 2.05) is 25.1 Å². The zero-order chi connectivity index (χ0) is 13.8. The molecular weight excluding hydrogens is 252 g/mol. The van der Waals surface area contributed by atoms with E-state index in [1.165, 1.54) is 0 Å². The topological polar surface area (TPSA) is 52.0 Å². The lowest BCUT2D eigenvalue weighted by molar-refractivity contribution is 0.0171. The Bertz CT molecular complexity index is 546. The van der Waals surface area contributed by atoms with Gasteiger partial charge in [-0.2, -0.15) is 0 Å². The Kier molecular flexibility index (Phi) is 4.08. The molecule has 20 heavy (non-hydrogen) atoms. The third kappa shape index (κ3) is 2.89. The highest BCUT2D eigenvalue weighted by Gasteiger charge is 2.16. The third-order valence-corrected chi connectivity index (χ3v) is 3.64. The quantitative estimate of drug-likeness (QED) is 0.923. The van der Waals surface area contributed by atoms with Crippen molar-refractivity contribution in [3.63, 3.8) is 0 Å². The average molecular weight is 272 g/mol. The highest BCUT2D eigenvalue weighted by molar-refractivity contribution is 5.33. The molecule has 5 heteroatoms. The number of rotatable bonds is 4. The van der Waals surface area contributed by atoms with Gasteiger partial charge >= 0.3 is 0 Å². The van der Waals surface area contributed by atoms with Crippen LogP contribution < -0.4 is 5.32 Å². The van der Waals surface area contributed by atoms with Gasteiger partial charge in [-0.15, -0.1) is 10.2 Å². The van der Waals surface area contributed by atoms with Crippen LogP contribution >= 0.6 is 0 Å². The Morgan fingerprint density at radius 2 is 1.95 bits per heavy atom. The predicted octanol–water partition coefficient (Wildman–Crippen LogP) is 1.84. The summed E-state index contributed by atoms with van der Waals surface area (Å²) in [7, 11) is 0. The normalized spacial score (nSPS) is 16.4. The molecule has 3 rings (SSSR count). The molecule has 1 aliphatic rings. The smallest absolute Gasteiger partial charge is 0.163 e. The average Bonchev–Trinajstić information content (AvgIpc) is 2.88. The summed E-state index contributed by atoms with van der Waals surface area (Å²) in [4.78, 5) is 0. The molecule has 0 radical (unpaired) electrons. The monoisotopic (exact) mass is 272 g/mol. The molecule has 0 unspecified atom stereocenters. The van der Waals surface area contributed by atoms with Crippen LogP contribution in [-0.2, 0) is 11.3 Å². The van der Waals surface area contributed by atoms with Gasteiger partial charge in [0.1, 0.15) is 12.4 Å². The summed E-state index contributed by atoms with van der Waals surface area (Å²) in [6.45, 7) is 4.55. The van der Waals surface area contributed by atoms with E-state index in [-0.39, 0.29) is 0 Å². The van der Waals surface area contributed by atoms with Gasteiger partial charge in [0.05, 0.1) is 6.10 Å². The number of hydrogen-bond donors (Lipinski definition) is 1. The molecular formula is C15H20N4O. The van der Waals surface area contributed by atoms with Crippen LogP contribution in [0.25, 0.3) is 5.69 Å². The second kappa shape index (κ2) is 6.15. The summed E-state index contributed by atoms with van der Waals surface area (Å²) < 4.78 is 8.04. The summed E-state index contributed by atoms with van der Waals surface area (Å²) in [5.41, 5.74) is 1.08. The summed E-state index contributed by atoms with van der Waals surface area (Å²) in [5.74, 6) is 1.76. The lowest BCUT2D eigenvalue weighted by Gasteiger charge is -2.22. The Morgan fingerprint density at radius 1 is 1.20 bits per heavy atom. The number of aromatic nitrogens is 3. The van der Waals surface area contributed by atoms with Gasteiger partial charge in [-0.25, -0.2) is 0 Å². The SMILES string of the molecule is Cc1nnc(COC2CCNCC2)n1-c1ccccc1. The summed E-state index contributed by atoms with van der Waals surface area (Å²) in [6, 6.07) is 10.2. The van der Waals surface area contributed by atoms with Crippen LogP contribution in [0.4, 0.5) is 0 Å². The number of piperidine rings is 1. The van der Waals surface area contributed by atoms with Gasteiger partial charge in [-0.05, 0) is 45.0 Å². The molecule has 1 N–H and O–H groups in total. The van der Waals surface area contributed by atoms with Crippen molar-refractivity contribution in [2.45, 2.75) is 32.5 Å². The van der Waals surface area contributed by atoms with Crippen LogP contribution in [-0.4, -0.2) is 34.0 Å². The molecule has 1 fully saturated rings. The number of para-hydroxylation sites is 1. The van der Waals surface area contributed by atoms with E-state index >= 15 is 0 Å². The maximum atomic E-state index is 5.98. The molecule has 1 saturated heterocycles. The lowest BCUT2D eigenvalue weighted by atomic mass is 10.1. The molecule has 0 spiro atoms. The van der Waals surface area contributed by atoms with Crippen molar-refractivity contribution in [2.75, 3.05) is 13.1 Å². The minimum Gasteiger partial charge on any atom is -0.370 e. The molecule has 0 saturated carbocycles. The fourth-order valence-corrected chi connectivity index (χ4v) is 2.57. The molecule has 0 aliphatic carbocycles. The number of benzene rings is 1. The predicted molar refractivity (Wildman–Crippen MR) is 76.8 cm³/mol. The second-order valence-corrected chi connectivity index (χ2v) is 5.09. The van der Waals surface area contributed by atoms with Crippen LogP contribution in [0, 0.1) is 6.92 Å². The van der Waals surface area contributed by atoms with Crippen LogP contribution in [0.5, 0.6) is 0 Å². The Balaban J connectivity index is 1.74. The zero-order valence-corrected chi connectivity index (χ0v) is 11.7. The molecule has 0 amide bonds. The van der Waals surface area contributed by atoms with Crippen molar-refractivity contribution in [1.29, 1.82) is 0 Å². The van der Waals surface area contributed by atoms with Gasteiger partial charge in [0, 0.05) is 5.69 Å². The first-order valence-corrected chi connectivity index (χ1v) is 7.13. The van der Waals surface area contributed by atoms with Crippen LogP contribution in [0.15, 0.2) is 30.3 Å². The van der Waals surface area contributed by atoms with Crippen molar-refractivity contribution >= 4 is 0 Å². The van der Waals surface area contributed by atoms with E-state index in [0.717, 1.165) is 43.3 Å². The fraction of sp³-hybridized carbons (Fsp3) is 0.467. The minimum absolute atomic E-state index is 0.331. The Hall–Kier alpha value is -1.72. The maximum Gasteiger partial charge on any atom is 0.163 e. The van der Waals surface area contributed by atoms with E-state index in [4.69, 9.17) is 4.74 Å². The van der Waals surface area contributed by atoms with Gasteiger partial charge < -0.3 is 10.1 Å². The van der Waals surface area contributed by atoms with Gasteiger partial charge in [0.2, 0.25) is 0 Å². The second-order valence-electron chi connectivity index (χ2n) is 5.09. The highest BCUT2D eigenvalue weighted by Crippen LogP contribution is 2.15. The maximum absolute atomic E-state index is 5.98. The molecule has 0 bridgehead atoms. The summed E-state index contributed by atoms with van der Waals surface area (Å²) in [5, 5.41) is 11.8. The van der Waals surface area contributed by atoms with Crippen molar-refractivity contribution in [3.05, 3.63) is 42.0 Å². The third-order valence-electron chi connectivity index (χ3n) is 3.64. The van der Waals surface area contributed by atoms with Crippen LogP contribution in [0.1, 0.15) is 24.5 Å². The molecule has 1 aromatic carbocycles. The van der Waals surface area contributed by atoms with E-state index in [1.54, 1.807) is 0 Å². The summed E-state index contributed by atoms with van der Waals surface area (Å²) in [6.07, 6.45) is 2.47. The fourth-order valence-electron chi connectivity index (χ4n) is 2.57. The van der Waals surface area contributed by atoms with Crippen molar-refractivity contribution in [2.24, 2.45) is 0 Å². The van der Waals surface area contributed by atoms with Gasteiger partial charge in [0.25, 0.3) is 0 Å². The Labute approximate surface area is 119 Å². The van der Waals surface area contributed by atoms with Crippen molar-refractivity contribution in [3.8, 4) is 5.69 Å². The van der Waals surface area contributed by atoms with Crippen molar-refractivity contribution in [1.82, 2.24) is 20.1 Å². The number of nitrogens with one attached hydrogen (secondary N) is 1. The molecule has 2 heterocycles. The highest BCUT2D eigenvalue weighted by atomic mass is 16.5. The number of ether oxygens (including phenoxy) is 1. The van der Waals surface area contributed by atoms with Gasteiger partial charge in [-0.1, -0.05) is 18.2 Å². The molecule has 106 valence electrons. The molecule has 1 aliphatic heterocycles. The zero-order valence-electron chi connectivity index (χ0n) is 11.7. The number of nitrogens with zero attached hydrogens (tertiary/aromatic N) is 3. The Morgan fingerprint density at radius 3 is 2.70 bits per heavy atom. The molecule has 0 atom stereocenters. The number of hydrogen-bond acceptors (Lipinski definition) is 4. The first kappa shape index (κ1) is 13.3. The minimum atomic E-state index is 0.331. The van der Waals surface area contributed by atoms with Crippen molar-refractivity contribution < 1.29 is 4.74 Å². The largest absolute Gasteiger partial charge is 0.370 e. The van der Waals surface area contributed by atoms with E-state index in [0.29, 0.717) is 12.7 Å². The number of aryl methyl sites for hydroxylation is 1. The molecule has 2 aromatic rings. The van der Waals surface area contributed by atoms with Crippen LogP contribution in [0.3, 0.4) is 0 Å². The van der Waals surface area contributed by atoms with E-state index in [9.17, 15) is 0 Å². The van der Waals surface area contributed by atoms with E-state index < -0.39 is 0 Å². The first-order valence-electron chi connectivity index (χ1n) is 7.13. The van der Waals surface area contributed by atoms with E-state index in [2.05, 4.69) is 32.2 Å². The first-order chi connectivity index (χ1) is 9.84. The molecule has 5 nitrogen and oxygen atoms in total.